The standard InChI is InChI=1S/C27H45NO4/c1-4-5-6-7-8-9-10-11-12-13-14-15-16-17-25(29)28-27(2,26(30)31)22-23-18-20-24(32-3)21-19-23/h18-21H,4-17,22H2,1-3H3,(H,28,29)(H,30,31)/t27-/m0/s1. The monoisotopic (exact) mass is 447 g/mol. The Morgan fingerprint density at radius 2 is 1.31 bits per heavy atom. The molecule has 0 fully saturated rings. The van der Waals surface area contributed by atoms with Gasteiger partial charge in [-0.15, -0.1) is 0 Å². The molecule has 0 heterocycles. The van der Waals surface area contributed by atoms with Crippen LogP contribution in [0.4, 0.5) is 0 Å². The van der Waals surface area contributed by atoms with E-state index in [9.17, 15) is 14.7 Å². The fourth-order valence-corrected chi connectivity index (χ4v) is 4.00. The molecule has 2 N–H and O–H groups in total. The van der Waals surface area contributed by atoms with Gasteiger partial charge in [0.2, 0.25) is 5.91 Å². The third kappa shape index (κ3) is 12.1. The van der Waals surface area contributed by atoms with Crippen LogP contribution in [-0.2, 0) is 16.0 Å². The zero-order chi connectivity index (χ0) is 23.7. The van der Waals surface area contributed by atoms with Gasteiger partial charge in [0.05, 0.1) is 7.11 Å². The van der Waals surface area contributed by atoms with Crippen LogP contribution in [0.2, 0.25) is 0 Å². The minimum absolute atomic E-state index is 0.188. The molecule has 0 aromatic heterocycles. The molecular formula is C27H45NO4. The molecule has 1 amide bonds. The molecule has 32 heavy (non-hydrogen) atoms. The fourth-order valence-electron chi connectivity index (χ4n) is 4.00. The normalized spacial score (nSPS) is 12.8. The number of rotatable bonds is 19. The van der Waals surface area contributed by atoms with Gasteiger partial charge < -0.3 is 15.2 Å². The first-order chi connectivity index (χ1) is 15.4. The Labute approximate surface area is 195 Å². The highest BCUT2D eigenvalue weighted by molar-refractivity contribution is 5.86. The summed E-state index contributed by atoms with van der Waals surface area (Å²) in [4.78, 5) is 24.2. The van der Waals surface area contributed by atoms with Crippen molar-refractivity contribution in [2.75, 3.05) is 7.11 Å². The second-order valence-corrected chi connectivity index (χ2v) is 9.20. The van der Waals surface area contributed by atoms with E-state index in [1.165, 1.54) is 64.2 Å². The van der Waals surface area contributed by atoms with E-state index < -0.39 is 11.5 Å². The lowest BCUT2D eigenvalue weighted by atomic mass is 9.92. The first-order valence-electron chi connectivity index (χ1n) is 12.6. The van der Waals surface area contributed by atoms with E-state index in [2.05, 4.69) is 12.2 Å². The molecule has 5 nitrogen and oxygen atoms in total. The number of methoxy groups -OCH3 is 1. The van der Waals surface area contributed by atoms with Crippen LogP contribution in [0.5, 0.6) is 5.75 Å². The maximum atomic E-state index is 12.4. The number of unbranched alkanes of at least 4 members (excludes halogenated alkanes) is 12. The topological polar surface area (TPSA) is 75.6 Å². The summed E-state index contributed by atoms with van der Waals surface area (Å²) in [6.45, 7) is 3.82. The zero-order valence-electron chi connectivity index (χ0n) is 20.6. The van der Waals surface area contributed by atoms with Crippen LogP contribution in [0.15, 0.2) is 24.3 Å². The SMILES string of the molecule is CCCCCCCCCCCCCCCC(=O)N[C@@](C)(Cc1ccc(OC)cc1)C(=O)O. The third-order valence-corrected chi connectivity index (χ3v) is 6.11. The lowest BCUT2D eigenvalue weighted by molar-refractivity contribution is -0.146. The summed E-state index contributed by atoms with van der Waals surface area (Å²) in [5, 5.41) is 12.4. The Kier molecular flexibility index (Phi) is 14.5. The van der Waals surface area contributed by atoms with Crippen molar-refractivity contribution in [1.29, 1.82) is 0 Å². The van der Waals surface area contributed by atoms with Gasteiger partial charge in [0.1, 0.15) is 11.3 Å². The van der Waals surface area contributed by atoms with E-state index >= 15 is 0 Å². The number of benzene rings is 1. The average Bonchev–Trinajstić information content (AvgIpc) is 2.77. The van der Waals surface area contributed by atoms with Gasteiger partial charge in [0.25, 0.3) is 0 Å². The van der Waals surface area contributed by atoms with E-state index in [0.717, 1.165) is 30.6 Å². The van der Waals surface area contributed by atoms with Gasteiger partial charge >= 0.3 is 5.97 Å². The lowest BCUT2D eigenvalue weighted by Crippen LogP contribution is -2.53. The molecule has 5 heteroatoms. The second kappa shape index (κ2) is 16.6. The molecule has 0 spiro atoms. The van der Waals surface area contributed by atoms with Crippen molar-refractivity contribution in [3.8, 4) is 5.75 Å². The molecule has 0 saturated carbocycles. The molecule has 0 unspecified atom stereocenters. The summed E-state index contributed by atoms with van der Waals surface area (Å²) < 4.78 is 5.14. The summed E-state index contributed by atoms with van der Waals surface area (Å²) in [7, 11) is 1.59. The molecule has 0 bridgehead atoms. The highest BCUT2D eigenvalue weighted by atomic mass is 16.5. The van der Waals surface area contributed by atoms with Crippen LogP contribution >= 0.6 is 0 Å². The van der Waals surface area contributed by atoms with Crippen molar-refractivity contribution >= 4 is 11.9 Å². The highest BCUT2D eigenvalue weighted by Gasteiger charge is 2.34. The number of hydrogen-bond acceptors (Lipinski definition) is 3. The van der Waals surface area contributed by atoms with Crippen molar-refractivity contribution in [3.63, 3.8) is 0 Å². The summed E-state index contributed by atoms with van der Waals surface area (Å²) in [6, 6.07) is 7.26. The van der Waals surface area contributed by atoms with Gasteiger partial charge in [0, 0.05) is 12.8 Å². The minimum Gasteiger partial charge on any atom is -0.497 e. The van der Waals surface area contributed by atoms with Gasteiger partial charge in [-0.2, -0.15) is 0 Å². The number of carbonyl (C=O) groups excluding carboxylic acids is 1. The number of ether oxygens (including phenoxy) is 1. The van der Waals surface area contributed by atoms with Crippen molar-refractivity contribution in [2.45, 2.75) is 116 Å². The first-order valence-corrected chi connectivity index (χ1v) is 12.6. The van der Waals surface area contributed by atoms with Gasteiger partial charge in [-0.05, 0) is 31.0 Å². The van der Waals surface area contributed by atoms with Crippen molar-refractivity contribution in [3.05, 3.63) is 29.8 Å². The molecular weight excluding hydrogens is 402 g/mol. The number of aliphatic carboxylic acids is 1. The van der Waals surface area contributed by atoms with Gasteiger partial charge in [0.15, 0.2) is 0 Å². The maximum absolute atomic E-state index is 12.4. The molecule has 0 radical (unpaired) electrons. The Morgan fingerprint density at radius 1 is 0.844 bits per heavy atom. The third-order valence-electron chi connectivity index (χ3n) is 6.11. The minimum atomic E-state index is -1.32. The van der Waals surface area contributed by atoms with Gasteiger partial charge in [-0.3, -0.25) is 4.79 Å². The Bertz CT molecular complexity index is 644. The number of hydrogen-bond donors (Lipinski definition) is 2. The predicted octanol–water partition coefficient (Wildman–Crippen LogP) is 6.68. The van der Waals surface area contributed by atoms with Crippen molar-refractivity contribution < 1.29 is 19.4 Å². The molecule has 0 aliphatic carbocycles. The van der Waals surface area contributed by atoms with Gasteiger partial charge in [-0.25, -0.2) is 4.79 Å². The van der Waals surface area contributed by atoms with Crippen LogP contribution < -0.4 is 10.1 Å². The number of amides is 1. The summed E-state index contributed by atoms with van der Waals surface area (Å²) >= 11 is 0. The number of nitrogens with one attached hydrogen (secondary N) is 1. The Hall–Kier alpha value is -2.04. The zero-order valence-corrected chi connectivity index (χ0v) is 20.6. The van der Waals surface area contributed by atoms with Crippen LogP contribution in [0.25, 0.3) is 0 Å². The van der Waals surface area contributed by atoms with E-state index in [4.69, 9.17) is 4.74 Å². The number of carboxylic acids is 1. The summed E-state index contributed by atoms with van der Waals surface area (Å²) in [6.07, 6.45) is 16.9. The number of carbonyl (C=O) groups is 2. The molecule has 1 aromatic carbocycles. The average molecular weight is 448 g/mol. The first kappa shape index (κ1) is 28.0. The van der Waals surface area contributed by atoms with Crippen LogP contribution in [0.3, 0.4) is 0 Å². The predicted molar refractivity (Wildman–Crippen MR) is 131 cm³/mol. The quantitative estimate of drug-likeness (QED) is 0.232. The maximum Gasteiger partial charge on any atom is 0.329 e. The highest BCUT2D eigenvalue weighted by Crippen LogP contribution is 2.18. The second-order valence-electron chi connectivity index (χ2n) is 9.20. The largest absolute Gasteiger partial charge is 0.497 e. The smallest absolute Gasteiger partial charge is 0.329 e. The van der Waals surface area contributed by atoms with Crippen molar-refractivity contribution in [1.82, 2.24) is 5.32 Å². The fraction of sp³-hybridized carbons (Fsp3) is 0.704. The van der Waals surface area contributed by atoms with E-state index in [1.807, 2.05) is 12.1 Å². The molecule has 0 saturated heterocycles. The molecule has 0 aliphatic rings. The molecule has 1 rings (SSSR count). The van der Waals surface area contributed by atoms with Crippen LogP contribution in [0, 0.1) is 0 Å². The van der Waals surface area contributed by atoms with E-state index in [-0.39, 0.29) is 12.3 Å². The van der Waals surface area contributed by atoms with Crippen LogP contribution in [-0.4, -0.2) is 29.6 Å². The van der Waals surface area contributed by atoms with E-state index in [1.54, 1.807) is 26.2 Å². The molecule has 182 valence electrons. The van der Waals surface area contributed by atoms with Gasteiger partial charge in [-0.1, -0.05) is 96.1 Å². The van der Waals surface area contributed by atoms with E-state index in [0.29, 0.717) is 6.42 Å². The summed E-state index contributed by atoms with van der Waals surface area (Å²) in [5.74, 6) is -0.490. The van der Waals surface area contributed by atoms with Crippen LogP contribution in [0.1, 0.15) is 109 Å². The Balaban J connectivity index is 2.17. The lowest BCUT2D eigenvalue weighted by Gasteiger charge is -2.26. The molecule has 0 aliphatic heterocycles. The molecule has 1 aromatic rings. The Morgan fingerprint density at radius 3 is 1.75 bits per heavy atom. The number of carboxylic acid groups (broad SMARTS) is 1. The molecule has 1 atom stereocenters. The van der Waals surface area contributed by atoms with Crippen molar-refractivity contribution in [2.24, 2.45) is 0 Å². The summed E-state index contributed by atoms with van der Waals surface area (Å²) in [5.41, 5.74) is -0.473.